The number of thiazole rings is 1. The molecule has 0 radical (unpaired) electrons. The van der Waals surface area contributed by atoms with Crippen LogP contribution in [0.3, 0.4) is 0 Å². The standard InChI is InChI=1S/C13H20N4OS/c18-12(10-7-14-8-10)15-4-3-11-9-19-13(16-11)17-5-1-2-6-17/h9-10,14H,1-8H2,(H,15,18). The van der Waals surface area contributed by atoms with E-state index in [-0.39, 0.29) is 11.8 Å². The zero-order chi connectivity index (χ0) is 13.1. The molecule has 0 atom stereocenters. The normalized spacial score (nSPS) is 19.5. The highest BCUT2D eigenvalue weighted by Gasteiger charge is 2.24. The van der Waals surface area contributed by atoms with Crippen LogP contribution in [0.2, 0.25) is 0 Å². The second-order valence-corrected chi connectivity index (χ2v) is 6.05. The van der Waals surface area contributed by atoms with Crippen LogP contribution in [0.15, 0.2) is 5.38 Å². The quantitative estimate of drug-likeness (QED) is 0.830. The minimum absolute atomic E-state index is 0.175. The van der Waals surface area contributed by atoms with Crippen LogP contribution in [0, 0.1) is 5.92 Å². The van der Waals surface area contributed by atoms with Crippen molar-refractivity contribution in [2.24, 2.45) is 5.92 Å². The number of hydrogen-bond donors (Lipinski definition) is 2. The van der Waals surface area contributed by atoms with Crippen LogP contribution in [0.1, 0.15) is 18.5 Å². The predicted octanol–water partition coefficient (Wildman–Crippen LogP) is 0.621. The van der Waals surface area contributed by atoms with Gasteiger partial charge in [0.05, 0.1) is 11.6 Å². The van der Waals surface area contributed by atoms with Gasteiger partial charge in [-0.3, -0.25) is 4.79 Å². The SMILES string of the molecule is O=C(NCCc1csc(N2CCCC2)n1)C1CNC1. The van der Waals surface area contributed by atoms with Crippen molar-refractivity contribution in [3.8, 4) is 0 Å². The lowest BCUT2D eigenvalue weighted by molar-refractivity contribution is -0.126. The molecular formula is C13H20N4OS. The second-order valence-electron chi connectivity index (χ2n) is 5.21. The zero-order valence-corrected chi connectivity index (χ0v) is 11.8. The van der Waals surface area contributed by atoms with Gasteiger partial charge in [-0.25, -0.2) is 4.98 Å². The van der Waals surface area contributed by atoms with E-state index in [1.807, 2.05) is 0 Å². The maximum Gasteiger partial charge on any atom is 0.225 e. The fourth-order valence-corrected chi connectivity index (χ4v) is 3.31. The first-order valence-corrected chi connectivity index (χ1v) is 7.88. The number of aromatic nitrogens is 1. The van der Waals surface area contributed by atoms with Gasteiger partial charge in [-0.1, -0.05) is 0 Å². The number of amides is 1. The molecule has 3 heterocycles. The minimum Gasteiger partial charge on any atom is -0.355 e. The molecule has 1 aromatic heterocycles. The summed E-state index contributed by atoms with van der Waals surface area (Å²) in [7, 11) is 0. The summed E-state index contributed by atoms with van der Waals surface area (Å²) in [5.74, 6) is 0.351. The lowest BCUT2D eigenvalue weighted by Crippen LogP contribution is -2.51. The van der Waals surface area contributed by atoms with Crippen LogP contribution < -0.4 is 15.5 Å². The summed E-state index contributed by atoms with van der Waals surface area (Å²) < 4.78 is 0. The Morgan fingerprint density at radius 3 is 2.95 bits per heavy atom. The Hall–Kier alpha value is -1.14. The first-order valence-electron chi connectivity index (χ1n) is 7.01. The van der Waals surface area contributed by atoms with Gasteiger partial charge in [0.2, 0.25) is 5.91 Å². The molecule has 2 aliphatic heterocycles. The molecule has 2 fully saturated rings. The highest BCUT2D eigenvalue weighted by Crippen LogP contribution is 2.24. The van der Waals surface area contributed by atoms with Crippen LogP contribution in [0.5, 0.6) is 0 Å². The lowest BCUT2D eigenvalue weighted by atomic mass is 10.0. The van der Waals surface area contributed by atoms with Crippen molar-refractivity contribution in [2.45, 2.75) is 19.3 Å². The van der Waals surface area contributed by atoms with Crippen molar-refractivity contribution in [2.75, 3.05) is 37.6 Å². The van der Waals surface area contributed by atoms with Gasteiger partial charge in [-0.2, -0.15) is 0 Å². The topological polar surface area (TPSA) is 57.3 Å². The molecule has 0 spiro atoms. The molecule has 104 valence electrons. The number of nitrogens with zero attached hydrogens (tertiary/aromatic N) is 2. The third kappa shape index (κ3) is 3.06. The van der Waals surface area contributed by atoms with E-state index in [9.17, 15) is 4.79 Å². The number of nitrogens with one attached hydrogen (secondary N) is 2. The molecule has 1 amide bonds. The van der Waals surface area contributed by atoms with E-state index < -0.39 is 0 Å². The van der Waals surface area contributed by atoms with Gasteiger partial charge in [-0.05, 0) is 12.8 Å². The fourth-order valence-electron chi connectivity index (χ4n) is 2.40. The summed E-state index contributed by atoms with van der Waals surface area (Å²) >= 11 is 1.72. The Morgan fingerprint density at radius 1 is 1.47 bits per heavy atom. The van der Waals surface area contributed by atoms with E-state index in [2.05, 4.69) is 25.9 Å². The predicted molar refractivity (Wildman–Crippen MR) is 76.6 cm³/mol. The number of rotatable bonds is 5. The van der Waals surface area contributed by atoms with Crippen LogP contribution in [-0.2, 0) is 11.2 Å². The largest absolute Gasteiger partial charge is 0.355 e. The van der Waals surface area contributed by atoms with E-state index in [0.29, 0.717) is 6.54 Å². The van der Waals surface area contributed by atoms with Crippen molar-refractivity contribution in [1.82, 2.24) is 15.6 Å². The average Bonchev–Trinajstić information content (AvgIpc) is 2.96. The van der Waals surface area contributed by atoms with E-state index in [4.69, 9.17) is 0 Å². The van der Waals surface area contributed by atoms with Gasteiger partial charge in [0.15, 0.2) is 5.13 Å². The summed E-state index contributed by atoms with van der Waals surface area (Å²) in [5.41, 5.74) is 1.10. The molecule has 2 aliphatic rings. The van der Waals surface area contributed by atoms with Gasteiger partial charge in [0.25, 0.3) is 0 Å². The van der Waals surface area contributed by atoms with E-state index >= 15 is 0 Å². The van der Waals surface area contributed by atoms with Crippen molar-refractivity contribution in [3.63, 3.8) is 0 Å². The third-order valence-corrected chi connectivity index (χ3v) is 4.70. The highest BCUT2D eigenvalue weighted by atomic mass is 32.1. The van der Waals surface area contributed by atoms with Gasteiger partial charge in [0, 0.05) is 44.5 Å². The van der Waals surface area contributed by atoms with Crippen LogP contribution in [0.4, 0.5) is 5.13 Å². The van der Waals surface area contributed by atoms with Crippen molar-refractivity contribution in [3.05, 3.63) is 11.1 Å². The Kier molecular flexibility index (Phi) is 3.98. The number of hydrogen-bond acceptors (Lipinski definition) is 5. The highest BCUT2D eigenvalue weighted by molar-refractivity contribution is 7.13. The summed E-state index contributed by atoms with van der Waals surface area (Å²) in [6.07, 6.45) is 3.39. The molecule has 0 aromatic carbocycles. The van der Waals surface area contributed by atoms with Crippen molar-refractivity contribution in [1.29, 1.82) is 0 Å². The molecule has 0 aliphatic carbocycles. The number of anilines is 1. The number of carbonyl (C=O) groups is 1. The molecule has 2 N–H and O–H groups in total. The molecule has 19 heavy (non-hydrogen) atoms. The Balaban J connectivity index is 1.43. The molecule has 1 aromatic rings. The second kappa shape index (κ2) is 5.88. The van der Waals surface area contributed by atoms with Gasteiger partial charge < -0.3 is 15.5 Å². The number of carbonyl (C=O) groups excluding carboxylic acids is 1. The van der Waals surface area contributed by atoms with Gasteiger partial charge >= 0.3 is 0 Å². The molecule has 0 saturated carbocycles. The van der Waals surface area contributed by atoms with E-state index in [1.54, 1.807) is 11.3 Å². The maximum absolute atomic E-state index is 11.7. The molecule has 3 rings (SSSR count). The molecule has 2 saturated heterocycles. The molecule has 6 heteroatoms. The van der Waals surface area contributed by atoms with Crippen LogP contribution >= 0.6 is 11.3 Å². The minimum atomic E-state index is 0.175. The van der Waals surface area contributed by atoms with Crippen molar-refractivity contribution >= 4 is 22.4 Å². The molecule has 0 unspecified atom stereocenters. The Bertz CT molecular complexity index is 438. The van der Waals surface area contributed by atoms with Crippen molar-refractivity contribution < 1.29 is 4.79 Å². The summed E-state index contributed by atoms with van der Waals surface area (Å²) in [6, 6.07) is 0. The first kappa shape index (κ1) is 12.9. The van der Waals surface area contributed by atoms with Gasteiger partial charge in [-0.15, -0.1) is 11.3 Å². The Morgan fingerprint density at radius 2 is 2.26 bits per heavy atom. The molecule has 5 nitrogen and oxygen atoms in total. The zero-order valence-electron chi connectivity index (χ0n) is 11.0. The summed E-state index contributed by atoms with van der Waals surface area (Å²) in [5, 5.41) is 9.35. The average molecular weight is 280 g/mol. The summed E-state index contributed by atoms with van der Waals surface area (Å²) in [6.45, 7) is 4.61. The van der Waals surface area contributed by atoms with Gasteiger partial charge in [0.1, 0.15) is 0 Å². The maximum atomic E-state index is 11.7. The summed E-state index contributed by atoms with van der Waals surface area (Å²) in [4.78, 5) is 18.7. The van der Waals surface area contributed by atoms with Crippen LogP contribution in [0.25, 0.3) is 0 Å². The first-order chi connectivity index (χ1) is 9.33. The van der Waals surface area contributed by atoms with E-state index in [0.717, 1.165) is 43.4 Å². The molecular weight excluding hydrogens is 260 g/mol. The lowest BCUT2D eigenvalue weighted by Gasteiger charge is -2.25. The van der Waals surface area contributed by atoms with E-state index in [1.165, 1.54) is 12.8 Å². The fraction of sp³-hybridized carbons (Fsp3) is 0.692. The third-order valence-electron chi connectivity index (χ3n) is 3.75. The Labute approximate surface area is 117 Å². The smallest absolute Gasteiger partial charge is 0.225 e. The monoisotopic (exact) mass is 280 g/mol. The molecule has 0 bridgehead atoms. The van der Waals surface area contributed by atoms with Crippen LogP contribution in [-0.4, -0.2) is 43.6 Å².